The standard InChI is InChI=1S/C24H18Cl2FN3O4S/c1-12-8-14(13(2)30(12)16-5-6-19(27)18(26)11-16)9-21(23(31)32)35-24-29-28-22(34-24)17-10-15(25)4-7-20(17)33-3/h4-11H,1-3H3,(H,31,32)/b21-9-. The lowest BCUT2D eigenvalue weighted by Crippen LogP contribution is -2.00. The number of aryl methyl sites for hydroxylation is 1. The molecule has 7 nitrogen and oxygen atoms in total. The van der Waals surface area contributed by atoms with Gasteiger partial charge in [-0.3, -0.25) is 0 Å². The van der Waals surface area contributed by atoms with Gasteiger partial charge < -0.3 is 18.8 Å². The van der Waals surface area contributed by atoms with Crippen LogP contribution in [0.4, 0.5) is 4.39 Å². The predicted molar refractivity (Wildman–Crippen MR) is 133 cm³/mol. The topological polar surface area (TPSA) is 90.4 Å². The Labute approximate surface area is 214 Å². The molecule has 0 unspecified atom stereocenters. The molecule has 0 spiro atoms. The Morgan fingerprint density at radius 3 is 2.63 bits per heavy atom. The van der Waals surface area contributed by atoms with Crippen molar-refractivity contribution in [1.82, 2.24) is 14.8 Å². The van der Waals surface area contributed by atoms with Crippen LogP contribution in [0.2, 0.25) is 10.0 Å². The first-order valence-electron chi connectivity index (χ1n) is 10.1. The Balaban J connectivity index is 1.67. The molecule has 0 aliphatic rings. The first-order valence-corrected chi connectivity index (χ1v) is 11.7. The number of rotatable bonds is 7. The molecule has 11 heteroatoms. The molecule has 0 fully saturated rings. The fourth-order valence-electron chi connectivity index (χ4n) is 3.53. The normalized spacial score (nSPS) is 11.7. The van der Waals surface area contributed by atoms with Crippen molar-refractivity contribution in [2.45, 2.75) is 19.1 Å². The van der Waals surface area contributed by atoms with Crippen LogP contribution < -0.4 is 4.74 Å². The number of thioether (sulfide) groups is 1. The summed E-state index contributed by atoms with van der Waals surface area (Å²) >= 11 is 12.8. The molecular formula is C24H18Cl2FN3O4S. The van der Waals surface area contributed by atoms with Gasteiger partial charge in [0.25, 0.3) is 11.1 Å². The van der Waals surface area contributed by atoms with Crippen molar-refractivity contribution < 1.29 is 23.4 Å². The lowest BCUT2D eigenvalue weighted by atomic mass is 10.2. The van der Waals surface area contributed by atoms with E-state index < -0.39 is 11.8 Å². The maximum atomic E-state index is 13.6. The SMILES string of the molecule is COc1ccc(Cl)cc1-c1nnc(S/C(=C\c2cc(C)n(-c3ccc(F)c(Cl)c3)c2C)C(=O)O)o1. The second kappa shape index (κ2) is 10.2. The number of halogens is 3. The number of carboxylic acids is 1. The summed E-state index contributed by atoms with van der Waals surface area (Å²) in [5, 5.41) is 18.3. The third kappa shape index (κ3) is 5.22. The van der Waals surface area contributed by atoms with E-state index in [1.54, 1.807) is 24.3 Å². The van der Waals surface area contributed by atoms with Crippen LogP contribution in [0.15, 0.2) is 57.0 Å². The van der Waals surface area contributed by atoms with Crippen molar-refractivity contribution in [1.29, 1.82) is 0 Å². The van der Waals surface area contributed by atoms with E-state index in [1.165, 1.54) is 25.3 Å². The summed E-state index contributed by atoms with van der Waals surface area (Å²) in [5.41, 5.74) is 3.37. The number of aliphatic carboxylic acids is 1. The van der Waals surface area contributed by atoms with Gasteiger partial charge in [-0.25, -0.2) is 9.18 Å². The van der Waals surface area contributed by atoms with Gasteiger partial charge in [-0.2, -0.15) is 0 Å². The van der Waals surface area contributed by atoms with E-state index in [-0.39, 0.29) is 21.0 Å². The van der Waals surface area contributed by atoms with Gasteiger partial charge in [0.15, 0.2) is 0 Å². The van der Waals surface area contributed by atoms with E-state index in [4.69, 9.17) is 32.4 Å². The monoisotopic (exact) mass is 533 g/mol. The highest BCUT2D eigenvalue weighted by Crippen LogP contribution is 2.35. The van der Waals surface area contributed by atoms with Gasteiger partial charge in [0.1, 0.15) is 16.5 Å². The molecular weight excluding hydrogens is 516 g/mol. The summed E-state index contributed by atoms with van der Waals surface area (Å²) in [4.78, 5) is 12.0. The molecule has 1 N–H and O–H groups in total. The average molecular weight is 534 g/mol. The van der Waals surface area contributed by atoms with Crippen molar-refractivity contribution >= 4 is 47.0 Å². The molecule has 0 atom stereocenters. The minimum Gasteiger partial charge on any atom is -0.496 e. The van der Waals surface area contributed by atoms with Crippen molar-refractivity contribution in [3.8, 4) is 22.9 Å². The first kappa shape index (κ1) is 24.8. The van der Waals surface area contributed by atoms with Gasteiger partial charge in [0, 0.05) is 22.1 Å². The molecule has 2 heterocycles. The Bertz CT molecular complexity index is 1470. The van der Waals surface area contributed by atoms with E-state index in [0.29, 0.717) is 27.6 Å². The first-order chi connectivity index (χ1) is 16.7. The average Bonchev–Trinajstić information content (AvgIpc) is 3.39. The van der Waals surface area contributed by atoms with Crippen LogP contribution in [0.1, 0.15) is 17.0 Å². The Kier molecular flexibility index (Phi) is 7.20. The number of ether oxygens (including phenoxy) is 1. The molecule has 35 heavy (non-hydrogen) atoms. The minimum absolute atomic E-state index is 0.00240. The van der Waals surface area contributed by atoms with Gasteiger partial charge >= 0.3 is 5.97 Å². The van der Waals surface area contributed by atoms with Gasteiger partial charge in [0.2, 0.25) is 0 Å². The number of carboxylic acid groups (broad SMARTS) is 1. The Morgan fingerprint density at radius 1 is 1.17 bits per heavy atom. The summed E-state index contributed by atoms with van der Waals surface area (Å²) in [6.45, 7) is 3.69. The zero-order valence-corrected chi connectivity index (χ0v) is 21.0. The van der Waals surface area contributed by atoms with Gasteiger partial charge in [-0.1, -0.05) is 23.2 Å². The van der Waals surface area contributed by atoms with Crippen LogP contribution in [-0.2, 0) is 4.79 Å². The number of benzene rings is 2. The van der Waals surface area contributed by atoms with Crippen LogP contribution in [-0.4, -0.2) is 33.0 Å². The van der Waals surface area contributed by atoms with Gasteiger partial charge in [-0.15, -0.1) is 10.2 Å². The molecule has 0 radical (unpaired) electrons. The summed E-state index contributed by atoms with van der Waals surface area (Å²) in [6.07, 6.45) is 1.51. The maximum absolute atomic E-state index is 13.6. The predicted octanol–water partition coefficient (Wildman–Crippen LogP) is 6.82. The van der Waals surface area contributed by atoms with Crippen LogP contribution >= 0.6 is 35.0 Å². The number of carbonyl (C=O) groups is 1. The molecule has 0 amide bonds. The van der Waals surface area contributed by atoms with Crippen LogP contribution in [0.3, 0.4) is 0 Å². The van der Waals surface area contributed by atoms with E-state index >= 15 is 0 Å². The van der Waals surface area contributed by atoms with Gasteiger partial charge in [0.05, 0.1) is 17.7 Å². The van der Waals surface area contributed by atoms with Crippen molar-refractivity contribution in [2.24, 2.45) is 0 Å². The highest BCUT2D eigenvalue weighted by Gasteiger charge is 2.20. The van der Waals surface area contributed by atoms with Gasteiger partial charge in [-0.05, 0) is 79.7 Å². The largest absolute Gasteiger partial charge is 0.496 e. The second-order valence-electron chi connectivity index (χ2n) is 7.39. The molecule has 0 aliphatic heterocycles. The third-order valence-electron chi connectivity index (χ3n) is 5.12. The van der Waals surface area contributed by atoms with Crippen molar-refractivity contribution in [3.05, 3.63) is 80.2 Å². The summed E-state index contributed by atoms with van der Waals surface area (Å²) in [5.74, 6) is -1.05. The maximum Gasteiger partial charge on any atom is 0.342 e. The summed E-state index contributed by atoms with van der Waals surface area (Å²) in [7, 11) is 1.50. The van der Waals surface area contributed by atoms with Crippen LogP contribution in [0, 0.1) is 19.7 Å². The summed E-state index contributed by atoms with van der Waals surface area (Å²) < 4.78 is 26.5. The fourth-order valence-corrected chi connectivity index (χ4v) is 4.54. The Morgan fingerprint density at radius 2 is 1.94 bits per heavy atom. The number of nitrogens with zero attached hydrogens (tertiary/aromatic N) is 3. The number of hydrogen-bond acceptors (Lipinski definition) is 6. The smallest absolute Gasteiger partial charge is 0.342 e. The molecule has 0 saturated carbocycles. The highest BCUT2D eigenvalue weighted by atomic mass is 35.5. The van der Waals surface area contributed by atoms with E-state index in [1.807, 2.05) is 24.5 Å². The summed E-state index contributed by atoms with van der Waals surface area (Å²) in [6, 6.07) is 11.2. The lowest BCUT2D eigenvalue weighted by molar-refractivity contribution is -0.131. The van der Waals surface area contributed by atoms with E-state index in [9.17, 15) is 14.3 Å². The molecule has 0 aliphatic carbocycles. The molecule has 2 aromatic carbocycles. The van der Waals surface area contributed by atoms with Crippen LogP contribution in [0.5, 0.6) is 5.75 Å². The molecule has 2 aromatic heterocycles. The van der Waals surface area contributed by atoms with Crippen LogP contribution in [0.25, 0.3) is 23.2 Å². The molecule has 0 bridgehead atoms. The molecule has 0 saturated heterocycles. The number of methoxy groups -OCH3 is 1. The zero-order chi connectivity index (χ0) is 25.3. The molecule has 180 valence electrons. The number of hydrogen-bond donors (Lipinski definition) is 1. The van der Waals surface area contributed by atoms with E-state index in [0.717, 1.165) is 23.1 Å². The molecule has 4 rings (SSSR count). The quantitative estimate of drug-likeness (QED) is 0.206. The Hall–Kier alpha value is -3.27. The van der Waals surface area contributed by atoms with Crippen molar-refractivity contribution in [2.75, 3.05) is 7.11 Å². The van der Waals surface area contributed by atoms with E-state index in [2.05, 4.69) is 10.2 Å². The third-order valence-corrected chi connectivity index (χ3v) is 6.50. The fraction of sp³-hybridized carbons (Fsp3) is 0.125. The highest BCUT2D eigenvalue weighted by molar-refractivity contribution is 8.03. The van der Waals surface area contributed by atoms with Crippen molar-refractivity contribution in [3.63, 3.8) is 0 Å². The zero-order valence-electron chi connectivity index (χ0n) is 18.7. The minimum atomic E-state index is -1.16. The molecule has 4 aromatic rings. The lowest BCUT2D eigenvalue weighted by Gasteiger charge is -2.10. The number of aromatic nitrogens is 3. The second-order valence-corrected chi connectivity index (χ2v) is 9.23.